The number of benzene rings is 2. The molecule has 0 saturated heterocycles. The molecule has 30 heavy (non-hydrogen) atoms. The van der Waals surface area contributed by atoms with Gasteiger partial charge in [-0.1, -0.05) is 19.1 Å². The van der Waals surface area contributed by atoms with Crippen LogP contribution in [0.25, 0.3) is 0 Å². The lowest BCUT2D eigenvalue weighted by Crippen LogP contribution is -2.41. The minimum Gasteiger partial charge on any atom is -0.497 e. The van der Waals surface area contributed by atoms with Gasteiger partial charge in [0.1, 0.15) is 11.5 Å². The fraction of sp³-hybridized carbons (Fsp3) is 0.333. The fourth-order valence-electron chi connectivity index (χ4n) is 2.67. The third-order valence-electron chi connectivity index (χ3n) is 4.19. The van der Waals surface area contributed by atoms with Crippen molar-refractivity contribution in [1.82, 2.24) is 10.6 Å². The topological polar surface area (TPSA) is 84.0 Å². The molecule has 0 heterocycles. The van der Waals surface area contributed by atoms with Crippen LogP contribution in [0.1, 0.15) is 18.1 Å². The van der Waals surface area contributed by atoms with E-state index in [0.717, 1.165) is 12.0 Å². The Morgan fingerprint density at radius 2 is 1.97 bits per heavy atom. The van der Waals surface area contributed by atoms with Gasteiger partial charge in [-0.05, 0) is 42.3 Å². The molecule has 7 nitrogen and oxygen atoms in total. The molecule has 2 rings (SSSR count). The van der Waals surface area contributed by atoms with Gasteiger partial charge in [-0.15, -0.1) is 0 Å². The number of anilines is 1. The molecule has 0 atom stereocenters. The molecule has 0 spiro atoms. The quantitative estimate of drug-likeness (QED) is 0.429. The van der Waals surface area contributed by atoms with Gasteiger partial charge in [-0.25, -0.2) is 0 Å². The number of alkyl halides is 2. The fourth-order valence-corrected chi connectivity index (χ4v) is 2.67. The third-order valence-corrected chi connectivity index (χ3v) is 4.19. The molecule has 0 radical (unpaired) electrons. The Kier molecular flexibility index (Phi) is 8.86. The number of nitrogens with zero attached hydrogens (tertiary/aromatic N) is 1. The number of ether oxygens (including phenoxy) is 2. The van der Waals surface area contributed by atoms with E-state index in [1.54, 1.807) is 13.1 Å². The maximum atomic E-state index is 12.6. The smallest absolute Gasteiger partial charge is 0.387 e. The number of hydrogen-bond acceptors (Lipinski definition) is 4. The average molecular weight is 420 g/mol. The number of rotatable bonds is 9. The van der Waals surface area contributed by atoms with Crippen LogP contribution in [0.4, 0.5) is 14.5 Å². The van der Waals surface area contributed by atoms with Gasteiger partial charge in [0.15, 0.2) is 5.96 Å². The zero-order chi connectivity index (χ0) is 21.9. The van der Waals surface area contributed by atoms with Crippen molar-refractivity contribution in [2.45, 2.75) is 26.5 Å². The molecule has 162 valence electrons. The summed E-state index contributed by atoms with van der Waals surface area (Å²) in [5.41, 5.74) is 2.30. The van der Waals surface area contributed by atoms with Gasteiger partial charge < -0.3 is 25.4 Å². The second kappa shape index (κ2) is 11.6. The van der Waals surface area contributed by atoms with E-state index in [0.29, 0.717) is 23.0 Å². The van der Waals surface area contributed by atoms with E-state index < -0.39 is 6.61 Å². The SMILES string of the molecule is CCc1cccc(NC(=O)CNC(=NC)NCc2cc(OC)ccc2OC(F)F)c1. The summed E-state index contributed by atoms with van der Waals surface area (Å²) in [5.74, 6) is 0.625. The zero-order valence-electron chi connectivity index (χ0n) is 17.2. The first-order valence-corrected chi connectivity index (χ1v) is 9.40. The van der Waals surface area contributed by atoms with E-state index in [-0.39, 0.29) is 24.7 Å². The number of hydrogen-bond donors (Lipinski definition) is 3. The summed E-state index contributed by atoms with van der Waals surface area (Å²) in [7, 11) is 3.02. The highest BCUT2D eigenvalue weighted by Gasteiger charge is 2.12. The Hall–Kier alpha value is -3.36. The molecule has 9 heteroatoms. The van der Waals surface area contributed by atoms with Crippen LogP contribution in [0, 0.1) is 0 Å². The maximum absolute atomic E-state index is 12.6. The number of carbonyl (C=O) groups is 1. The van der Waals surface area contributed by atoms with Crippen LogP contribution < -0.4 is 25.4 Å². The van der Waals surface area contributed by atoms with Crippen LogP contribution >= 0.6 is 0 Å². The molecule has 0 bridgehead atoms. The molecule has 0 aliphatic rings. The number of methoxy groups -OCH3 is 1. The lowest BCUT2D eigenvalue weighted by molar-refractivity contribution is -0.115. The van der Waals surface area contributed by atoms with Crippen molar-refractivity contribution < 1.29 is 23.0 Å². The summed E-state index contributed by atoms with van der Waals surface area (Å²) in [6.45, 7) is -0.782. The van der Waals surface area contributed by atoms with E-state index in [1.165, 1.54) is 19.2 Å². The van der Waals surface area contributed by atoms with Crippen molar-refractivity contribution in [3.8, 4) is 11.5 Å². The Bertz CT molecular complexity index is 875. The van der Waals surface area contributed by atoms with Gasteiger partial charge in [0.05, 0.1) is 13.7 Å². The second-order valence-electron chi connectivity index (χ2n) is 6.23. The number of amides is 1. The molecule has 0 unspecified atom stereocenters. The highest BCUT2D eigenvalue weighted by atomic mass is 19.3. The highest BCUT2D eigenvalue weighted by molar-refractivity contribution is 5.95. The monoisotopic (exact) mass is 420 g/mol. The average Bonchev–Trinajstić information content (AvgIpc) is 2.74. The number of halogens is 2. The molecule has 0 aliphatic carbocycles. The lowest BCUT2D eigenvalue weighted by atomic mass is 10.1. The predicted octanol–water partition coefficient (Wildman–Crippen LogP) is 3.16. The zero-order valence-corrected chi connectivity index (χ0v) is 17.2. The first-order chi connectivity index (χ1) is 14.4. The molecule has 3 N–H and O–H groups in total. The summed E-state index contributed by atoms with van der Waals surface area (Å²) in [4.78, 5) is 16.2. The first-order valence-electron chi connectivity index (χ1n) is 9.40. The van der Waals surface area contributed by atoms with E-state index in [9.17, 15) is 13.6 Å². The molecular weight excluding hydrogens is 394 g/mol. The Morgan fingerprint density at radius 1 is 1.17 bits per heavy atom. The third kappa shape index (κ3) is 7.23. The van der Waals surface area contributed by atoms with Gasteiger partial charge in [0, 0.05) is 24.8 Å². The van der Waals surface area contributed by atoms with E-state index >= 15 is 0 Å². The highest BCUT2D eigenvalue weighted by Crippen LogP contribution is 2.25. The van der Waals surface area contributed by atoms with Crippen molar-refractivity contribution in [2.75, 3.05) is 26.0 Å². The number of guanidine groups is 1. The first kappa shape index (κ1) is 22.9. The normalized spacial score (nSPS) is 11.2. The molecule has 2 aromatic carbocycles. The summed E-state index contributed by atoms with van der Waals surface area (Å²) in [5, 5.41) is 8.66. The lowest BCUT2D eigenvalue weighted by Gasteiger charge is -2.15. The van der Waals surface area contributed by atoms with Gasteiger partial charge in [-0.2, -0.15) is 8.78 Å². The molecule has 1 amide bonds. The van der Waals surface area contributed by atoms with E-state index in [2.05, 4.69) is 25.7 Å². The molecule has 0 fully saturated rings. The van der Waals surface area contributed by atoms with Crippen molar-refractivity contribution >= 4 is 17.6 Å². The summed E-state index contributed by atoms with van der Waals surface area (Å²) in [6, 6.07) is 12.1. The number of nitrogens with one attached hydrogen (secondary N) is 3. The van der Waals surface area contributed by atoms with Crippen molar-refractivity contribution in [2.24, 2.45) is 4.99 Å². The minimum atomic E-state index is -2.94. The van der Waals surface area contributed by atoms with Crippen LogP contribution in [0.2, 0.25) is 0 Å². The van der Waals surface area contributed by atoms with Gasteiger partial charge in [-0.3, -0.25) is 9.79 Å². The Balaban J connectivity index is 1.92. The summed E-state index contributed by atoms with van der Waals surface area (Å²) in [6.07, 6.45) is 0.875. The van der Waals surface area contributed by atoms with Gasteiger partial charge in [0.2, 0.25) is 5.91 Å². The van der Waals surface area contributed by atoms with Gasteiger partial charge in [0.25, 0.3) is 0 Å². The largest absolute Gasteiger partial charge is 0.497 e. The predicted molar refractivity (Wildman–Crippen MR) is 112 cm³/mol. The van der Waals surface area contributed by atoms with E-state index in [1.807, 2.05) is 31.2 Å². The molecular formula is C21H26F2N4O3. The van der Waals surface area contributed by atoms with Crippen LogP contribution in [-0.4, -0.2) is 39.2 Å². The Morgan fingerprint density at radius 3 is 2.63 bits per heavy atom. The number of aryl methyl sites for hydroxylation is 1. The molecule has 0 saturated carbocycles. The van der Waals surface area contributed by atoms with Crippen LogP contribution in [0.15, 0.2) is 47.5 Å². The van der Waals surface area contributed by atoms with Crippen LogP contribution in [0.5, 0.6) is 11.5 Å². The van der Waals surface area contributed by atoms with Crippen molar-refractivity contribution in [1.29, 1.82) is 0 Å². The summed E-state index contributed by atoms with van der Waals surface area (Å²) >= 11 is 0. The van der Waals surface area contributed by atoms with Crippen molar-refractivity contribution in [3.05, 3.63) is 53.6 Å². The van der Waals surface area contributed by atoms with Crippen LogP contribution in [-0.2, 0) is 17.8 Å². The molecule has 0 aliphatic heterocycles. The number of aliphatic imine (C=N–C) groups is 1. The Labute approximate surface area is 174 Å². The molecule has 2 aromatic rings. The number of carbonyl (C=O) groups excluding carboxylic acids is 1. The molecule has 0 aromatic heterocycles. The van der Waals surface area contributed by atoms with Crippen molar-refractivity contribution in [3.63, 3.8) is 0 Å². The van der Waals surface area contributed by atoms with E-state index in [4.69, 9.17) is 4.74 Å². The van der Waals surface area contributed by atoms with Gasteiger partial charge >= 0.3 is 6.61 Å². The minimum absolute atomic E-state index is 0.0193. The standard InChI is InChI=1S/C21H26F2N4O3/c1-4-14-6-5-7-16(10-14)27-19(28)13-26-21(24-2)25-12-15-11-17(29-3)8-9-18(15)30-20(22)23/h5-11,20H,4,12-13H2,1-3H3,(H,27,28)(H2,24,25,26). The van der Waals surface area contributed by atoms with Crippen LogP contribution in [0.3, 0.4) is 0 Å². The summed E-state index contributed by atoms with van der Waals surface area (Å²) < 4.78 is 34.9. The maximum Gasteiger partial charge on any atom is 0.387 e. The second-order valence-corrected chi connectivity index (χ2v) is 6.23.